The predicted octanol–water partition coefficient (Wildman–Crippen LogP) is 2.69. The van der Waals surface area contributed by atoms with Gasteiger partial charge < -0.3 is 9.84 Å². The van der Waals surface area contributed by atoms with E-state index in [2.05, 4.69) is 4.98 Å². The van der Waals surface area contributed by atoms with Crippen LogP contribution in [-0.2, 0) is 4.74 Å². The van der Waals surface area contributed by atoms with Gasteiger partial charge in [0.15, 0.2) is 0 Å². The van der Waals surface area contributed by atoms with Crippen LogP contribution in [0.2, 0.25) is 0 Å². The Morgan fingerprint density at radius 3 is 3.00 bits per heavy atom. The fraction of sp³-hybridized carbons (Fsp3) is 0.400. The van der Waals surface area contributed by atoms with Gasteiger partial charge in [-0.05, 0) is 24.3 Å². The summed E-state index contributed by atoms with van der Waals surface area (Å²) in [6.45, 7) is 1.44. The molecule has 0 radical (unpaired) electrons. The largest absolute Gasteiger partial charge is 0.386 e. The van der Waals surface area contributed by atoms with Crippen LogP contribution in [0, 0.1) is 5.92 Å². The highest BCUT2D eigenvalue weighted by Gasteiger charge is 2.25. The Hall–Kier alpha value is -1.45. The third-order valence-electron chi connectivity index (χ3n) is 3.63. The lowest BCUT2D eigenvalue weighted by atomic mass is 9.91. The van der Waals surface area contributed by atoms with Gasteiger partial charge in [-0.3, -0.25) is 4.98 Å². The summed E-state index contributed by atoms with van der Waals surface area (Å²) in [6.07, 6.45) is 3.26. The van der Waals surface area contributed by atoms with Gasteiger partial charge in [0.05, 0.1) is 12.3 Å². The van der Waals surface area contributed by atoms with Crippen molar-refractivity contribution in [2.45, 2.75) is 18.9 Å². The number of nitrogens with zero attached hydrogens (tertiary/aromatic N) is 1. The molecule has 3 rings (SSSR count). The van der Waals surface area contributed by atoms with Gasteiger partial charge in [0.25, 0.3) is 0 Å². The van der Waals surface area contributed by atoms with E-state index >= 15 is 0 Å². The lowest BCUT2D eigenvalue weighted by Gasteiger charge is -2.26. The van der Waals surface area contributed by atoms with Gasteiger partial charge in [-0.1, -0.05) is 24.3 Å². The van der Waals surface area contributed by atoms with Gasteiger partial charge in [0.2, 0.25) is 0 Å². The van der Waals surface area contributed by atoms with Crippen molar-refractivity contribution in [2.75, 3.05) is 13.2 Å². The average molecular weight is 243 g/mol. The molecule has 3 heteroatoms. The molecule has 1 aromatic carbocycles. The quantitative estimate of drug-likeness (QED) is 0.881. The summed E-state index contributed by atoms with van der Waals surface area (Å²) in [5, 5.41) is 12.7. The highest BCUT2D eigenvalue weighted by atomic mass is 16.5. The number of benzene rings is 1. The Kier molecular flexibility index (Phi) is 3.26. The molecule has 94 valence electrons. The molecule has 1 aliphatic heterocycles. The Morgan fingerprint density at radius 2 is 2.17 bits per heavy atom. The second-order valence-corrected chi connectivity index (χ2v) is 4.84. The summed E-state index contributed by atoms with van der Waals surface area (Å²) in [6, 6.07) is 10.0. The molecule has 2 aromatic rings. The van der Waals surface area contributed by atoms with E-state index in [4.69, 9.17) is 4.74 Å². The Morgan fingerprint density at radius 1 is 1.28 bits per heavy atom. The number of pyridine rings is 1. The highest BCUT2D eigenvalue weighted by Crippen LogP contribution is 2.31. The van der Waals surface area contributed by atoms with E-state index < -0.39 is 6.10 Å². The molecule has 1 aromatic heterocycles. The average Bonchev–Trinajstić information content (AvgIpc) is 2.47. The number of aliphatic hydroxyl groups excluding tert-OH is 1. The monoisotopic (exact) mass is 243 g/mol. The lowest BCUT2D eigenvalue weighted by Crippen LogP contribution is -2.24. The number of aliphatic hydroxyl groups is 1. The minimum absolute atomic E-state index is 0.164. The molecular formula is C15H17NO2. The zero-order valence-electron chi connectivity index (χ0n) is 10.2. The van der Waals surface area contributed by atoms with Gasteiger partial charge in [0.1, 0.15) is 6.10 Å². The van der Waals surface area contributed by atoms with E-state index in [1.165, 1.54) is 0 Å². The van der Waals surface area contributed by atoms with Crippen molar-refractivity contribution in [3.63, 3.8) is 0 Å². The number of ether oxygens (including phenoxy) is 1. The summed E-state index contributed by atoms with van der Waals surface area (Å²) >= 11 is 0. The predicted molar refractivity (Wildman–Crippen MR) is 70.2 cm³/mol. The second kappa shape index (κ2) is 5.04. The summed E-state index contributed by atoms with van der Waals surface area (Å²) < 4.78 is 5.45. The van der Waals surface area contributed by atoms with Crippen LogP contribution in [0.1, 0.15) is 24.6 Å². The molecule has 1 fully saturated rings. The third kappa shape index (κ3) is 2.11. The van der Waals surface area contributed by atoms with Crippen LogP contribution in [0.25, 0.3) is 10.8 Å². The highest BCUT2D eigenvalue weighted by molar-refractivity contribution is 5.84. The van der Waals surface area contributed by atoms with E-state index in [9.17, 15) is 5.11 Å². The molecule has 2 unspecified atom stereocenters. The van der Waals surface area contributed by atoms with Gasteiger partial charge in [-0.2, -0.15) is 0 Å². The number of fused-ring (bicyclic) bond motifs is 1. The minimum Gasteiger partial charge on any atom is -0.386 e. The van der Waals surface area contributed by atoms with Gasteiger partial charge >= 0.3 is 0 Å². The molecular weight excluding hydrogens is 226 g/mol. The maximum Gasteiger partial charge on any atom is 0.102 e. The van der Waals surface area contributed by atoms with Crippen LogP contribution in [0.5, 0.6) is 0 Å². The van der Waals surface area contributed by atoms with Crippen molar-refractivity contribution in [1.82, 2.24) is 4.98 Å². The fourth-order valence-electron chi connectivity index (χ4n) is 2.62. The molecule has 0 aliphatic carbocycles. The van der Waals surface area contributed by atoms with E-state index in [-0.39, 0.29) is 5.92 Å². The minimum atomic E-state index is -0.531. The maximum absolute atomic E-state index is 10.5. The van der Waals surface area contributed by atoms with Crippen molar-refractivity contribution in [1.29, 1.82) is 0 Å². The molecule has 1 aliphatic rings. The first kappa shape index (κ1) is 11.6. The van der Waals surface area contributed by atoms with Crippen LogP contribution >= 0.6 is 0 Å². The molecule has 0 bridgehead atoms. The zero-order chi connectivity index (χ0) is 12.4. The van der Waals surface area contributed by atoms with E-state index in [0.717, 1.165) is 35.9 Å². The number of rotatable bonds is 2. The van der Waals surface area contributed by atoms with Crippen molar-refractivity contribution in [3.05, 3.63) is 42.2 Å². The summed E-state index contributed by atoms with van der Waals surface area (Å²) in [4.78, 5) is 4.38. The molecule has 3 nitrogen and oxygen atoms in total. The standard InChI is InChI=1S/C15H17NO2/c17-15(12-5-3-9-18-10-12)14-13-6-2-1-4-11(13)7-8-16-14/h1-2,4,6-8,12,15,17H,3,5,9-10H2. The smallest absolute Gasteiger partial charge is 0.102 e. The summed E-state index contributed by atoms with van der Waals surface area (Å²) in [7, 11) is 0. The fourth-order valence-corrected chi connectivity index (χ4v) is 2.62. The number of hydrogen-bond acceptors (Lipinski definition) is 3. The van der Waals surface area contributed by atoms with Crippen molar-refractivity contribution in [3.8, 4) is 0 Å². The van der Waals surface area contributed by atoms with Gasteiger partial charge in [0, 0.05) is 24.1 Å². The van der Waals surface area contributed by atoms with Crippen molar-refractivity contribution >= 4 is 10.8 Å². The van der Waals surface area contributed by atoms with Crippen LogP contribution < -0.4 is 0 Å². The molecule has 1 N–H and O–H groups in total. The summed E-state index contributed by atoms with van der Waals surface area (Å²) in [5.74, 6) is 0.164. The molecule has 2 atom stereocenters. The third-order valence-corrected chi connectivity index (χ3v) is 3.63. The first-order valence-corrected chi connectivity index (χ1v) is 6.46. The Balaban J connectivity index is 1.97. The van der Waals surface area contributed by atoms with Crippen molar-refractivity contribution < 1.29 is 9.84 Å². The van der Waals surface area contributed by atoms with Crippen LogP contribution in [0.4, 0.5) is 0 Å². The first-order valence-electron chi connectivity index (χ1n) is 6.46. The molecule has 18 heavy (non-hydrogen) atoms. The number of aromatic nitrogens is 1. The molecule has 0 spiro atoms. The van der Waals surface area contributed by atoms with Crippen LogP contribution in [-0.4, -0.2) is 23.3 Å². The van der Waals surface area contributed by atoms with Crippen molar-refractivity contribution in [2.24, 2.45) is 5.92 Å². The van der Waals surface area contributed by atoms with E-state index in [1.54, 1.807) is 6.20 Å². The number of hydrogen-bond donors (Lipinski definition) is 1. The van der Waals surface area contributed by atoms with Gasteiger partial charge in [-0.25, -0.2) is 0 Å². The van der Waals surface area contributed by atoms with Gasteiger partial charge in [-0.15, -0.1) is 0 Å². The first-order chi connectivity index (χ1) is 8.86. The maximum atomic E-state index is 10.5. The summed E-state index contributed by atoms with van der Waals surface area (Å²) in [5.41, 5.74) is 0.781. The second-order valence-electron chi connectivity index (χ2n) is 4.84. The van der Waals surface area contributed by atoms with Crippen LogP contribution in [0.15, 0.2) is 36.5 Å². The normalized spacial score (nSPS) is 21.9. The Bertz CT molecular complexity index is 530. The zero-order valence-corrected chi connectivity index (χ0v) is 10.2. The van der Waals surface area contributed by atoms with Crippen LogP contribution in [0.3, 0.4) is 0 Å². The van der Waals surface area contributed by atoms with E-state index in [1.807, 2.05) is 30.3 Å². The molecule has 1 saturated heterocycles. The SMILES string of the molecule is OC(c1nccc2ccccc12)C1CCCOC1. The topological polar surface area (TPSA) is 42.4 Å². The van der Waals surface area contributed by atoms with E-state index in [0.29, 0.717) is 6.61 Å². The Labute approximate surface area is 106 Å². The molecule has 0 saturated carbocycles. The molecule has 0 amide bonds. The molecule has 2 heterocycles. The lowest BCUT2D eigenvalue weighted by molar-refractivity contribution is -0.0109.